The maximum absolute atomic E-state index is 12.8. The molecule has 6 heteroatoms. The Kier molecular flexibility index (Phi) is 5.41. The summed E-state index contributed by atoms with van der Waals surface area (Å²) in [5, 5.41) is 0.611. The van der Waals surface area contributed by atoms with Gasteiger partial charge in [-0.2, -0.15) is 0 Å². The van der Waals surface area contributed by atoms with Crippen LogP contribution in [0.15, 0.2) is 24.3 Å². The van der Waals surface area contributed by atoms with Crippen LogP contribution in [0.2, 0.25) is 5.02 Å². The van der Waals surface area contributed by atoms with Crippen LogP contribution in [0.25, 0.3) is 0 Å². The lowest BCUT2D eigenvalue weighted by molar-refractivity contribution is -0.137. The summed E-state index contributed by atoms with van der Waals surface area (Å²) in [6.07, 6.45) is 3.71. The van der Waals surface area contributed by atoms with Crippen molar-refractivity contribution >= 4 is 23.4 Å². The molecule has 2 aliphatic rings. The Morgan fingerprint density at radius 3 is 2.54 bits per heavy atom. The summed E-state index contributed by atoms with van der Waals surface area (Å²) in [5.74, 6) is 0.0275. The van der Waals surface area contributed by atoms with Crippen LogP contribution in [0.4, 0.5) is 0 Å². The Morgan fingerprint density at radius 1 is 1.12 bits per heavy atom. The third-order valence-electron chi connectivity index (χ3n) is 5.08. The van der Waals surface area contributed by atoms with E-state index in [0.717, 1.165) is 32.2 Å². The third kappa shape index (κ3) is 3.57. The number of carbonyl (C=O) groups excluding carboxylic acids is 2. The van der Waals surface area contributed by atoms with Gasteiger partial charge in [0, 0.05) is 42.8 Å². The molecule has 2 atom stereocenters. The van der Waals surface area contributed by atoms with Gasteiger partial charge in [-0.1, -0.05) is 11.6 Å². The zero-order valence-electron chi connectivity index (χ0n) is 13.8. The molecule has 0 saturated carbocycles. The fraction of sp³-hybridized carbons (Fsp3) is 0.556. The molecule has 1 aromatic carbocycles. The first-order valence-electron chi connectivity index (χ1n) is 8.65. The molecule has 2 saturated heterocycles. The first-order valence-corrected chi connectivity index (χ1v) is 9.03. The fourth-order valence-corrected chi connectivity index (χ4v) is 3.87. The van der Waals surface area contributed by atoms with E-state index in [0.29, 0.717) is 30.2 Å². The van der Waals surface area contributed by atoms with Crippen LogP contribution in [-0.2, 0) is 4.79 Å². The maximum Gasteiger partial charge on any atom is 0.253 e. The molecule has 0 radical (unpaired) electrons. The van der Waals surface area contributed by atoms with Gasteiger partial charge in [0.15, 0.2) is 0 Å². The predicted octanol–water partition coefficient (Wildman–Crippen LogP) is 2.14. The van der Waals surface area contributed by atoms with Gasteiger partial charge in [-0.3, -0.25) is 9.59 Å². The number of amides is 2. The fourth-order valence-electron chi connectivity index (χ4n) is 3.74. The van der Waals surface area contributed by atoms with Crippen LogP contribution in [0.3, 0.4) is 0 Å². The van der Waals surface area contributed by atoms with Crippen molar-refractivity contribution in [3.8, 4) is 0 Å². The van der Waals surface area contributed by atoms with Crippen LogP contribution in [0.1, 0.15) is 36.0 Å². The molecule has 0 bridgehead atoms. The van der Waals surface area contributed by atoms with Gasteiger partial charge in [-0.05, 0) is 49.9 Å². The van der Waals surface area contributed by atoms with Crippen LogP contribution in [-0.4, -0.2) is 53.8 Å². The van der Waals surface area contributed by atoms with E-state index in [2.05, 4.69) is 0 Å². The van der Waals surface area contributed by atoms with Crippen molar-refractivity contribution in [1.29, 1.82) is 0 Å². The molecule has 0 aromatic heterocycles. The number of rotatable bonds is 3. The van der Waals surface area contributed by atoms with Crippen LogP contribution in [0.5, 0.6) is 0 Å². The molecule has 2 amide bonds. The lowest BCUT2D eigenvalue weighted by atomic mass is 9.95. The highest BCUT2D eigenvalue weighted by Gasteiger charge is 2.35. The number of halogens is 1. The van der Waals surface area contributed by atoms with E-state index in [1.165, 1.54) is 0 Å². The number of likely N-dealkylation sites (tertiary alicyclic amines) is 2. The lowest BCUT2D eigenvalue weighted by Crippen LogP contribution is -2.49. The smallest absolute Gasteiger partial charge is 0.253 e. The summed E-state index contributed by atoms with van der Waals surface area (Å²) >= 11 is 5.88. The van der Waals surface area contributed by atoms with Crippen molar-refractivity contribution in [2.24, 2.45) is 11.7 Å². The molecule has 5 nitrogen and oxygen atoms in total. The van der Waals surface area contributed by atoms with E-state index in [1.807, 2.05) is 4.90 Å². The van der Waals surface area contributed by atoms with Gasteiger partial charge in [0.05, 0.1) is 5.92 Å². The Morgan fingerprint density at radius 2 is 1.83 bits per heavy atom. The molecule has 2 unspecified atom stereocenters. The third-order valence-corrected chi connectivity index (χ3v) is 5.33. The average molecular weight is 350 g/mol. The highest BCUT2D eigenvalue weighted by molar-refractivity contribution is 6.30. The molecule has 1 aromatic rings. The Bertz CT molecular complexity index is 605. The van der Waals surface area contributed by atoms with Gasteiger partial charge in [0.1, 0.15) is 0 Å². The number of hydrogen-bond donors (Lipinski definition) is 1. The minimum atomic E-state index is -0.109. The minimum Gasteiger partial charge on any atom is -0.338 e. The van der Waals surface area contributed by atoms with Crippen molar-refractivity contribution in [3.63, 3.8) is 0 Å². The van der Waals surface area contributed by atoms with Gasteiger partial charge >= 0.3 is 0 Å². The number of piperidine rings is 1. The zero-order valence-corrected chi connectivity index (χ0v) is 14.5. The van der Waals surface area contributed by atoms with Crippen molar-refractivity contribution in [2.75, 3.05) is 26.2 Å². The molecule has 130 valence electrons. The first kappa shape index (κ1) is 17.2. The Balaban J connectivity index is 1.66. The quantitative estimate of drug-likeness (QED) is 0.909. The van der Waals surface area contributed by atoms with Crippen LogP contribution < -0.4 is 5.73 Å². The van der Waals surface area contributed by atoms with E-state index in [9.17, 15) is 9.59 Å². The molecular weight excluding hydrogens is 326 g/mol. The molecule has 2 fully saturated rings. The molecule has 0 spiro atoms. The number of benzene rings is 1. The molecule has 2 aliphatic heterocycles. The summed E-state index contributed by atoms with van der Waals surface area (Å²) in [7, 11) is 0. The molecule has 3 rings (SSSR count). The molecular formula is C18H24ClN3O2. The van der Waals surface area contributed by atoms with Crippen molar-refractivity contribution in [2.45, 2.75) is 31.7 Å². The van der Waals surface area contributed by atoms with Gasteiger partial charge in [0.25, 0.3) is 5.91 Å². The number of hydrogen-bond acceptors (Lipinski definition) is 3. The average Bonchev–Trinajstić information content (AvgIpc) is 3.10. The molecule has 24 heavy (non-hydrogen) atoms. The highest BCUT2D eigenvalue weighted by atomic mass is 35.5. The van der Waals surface area contributed by atoms with E-state index in [-0.39, 0.29) is 23.8 Å². The maximum atomic E-state index is 12.8. The van der Waals surface area contributed by atoms with Crippen LogP contribution in [0, 0.1) is 5.92 Å². The zero-order chi connectivity index (χ0) is 17.1. The van der Waals surface area contributed by atoms with Crippen molar-refractivity contribution in [1.82, 2.24) is 9.80 Å². The van der Waals surface area contributed by atoms with E-state index in [1.54, 1.807) is 29.2 Å². The van der Waals surface area contributed by atoms with Crippen molar-refractivity contribution < 1.29 is 9.59 Å². The number of carbonyl (C=O) groups is 2. The van der Waals surface area contributed by atoms with E-state index in [4.69, 9.17) is 17.3 Å². The number of nitrogens with two attached hydrogens (primary N) is 1. The lowest BCUT2D eigenvalue weighted by Gasteiger charge is -2.35. The monoisotopic (exact) mass is 349 g/mol. The topological polar surface area (TPSA) is 66.6 Å². The Labute approximate surface area is 147 Å². The summed E-state index contributed by atoms with van der Waals surface area (Å²) in [4.78, 5) is 29.2. The Hall–Kier alpha value is -1.59. The second-order valence-electron chi connectivity index (χ2n) is 6.66. The summed E-state index contributed by atoms with van der Waals surface area (Å²) in [6.45, 7) is 2.51. The van der Waals surface area contributed by atoms with Gasteiger partial charge in [0.2, 0.25) is 5.91 Å². The van der Waals surface area contributed by atoms with Crippen LogP contribution >= 0.6 is 11.6 Å². The molecule has 0 aliphatic carbocycles. The predicted molar refractivity (Wildman–Crippen MR) is 93.9 cm³/mol. The number of nitrogens with zero attached hydrogens (tertiary/aromatic N) is 2. The van der Waals surface area contributed by atoms with Gasteiger partial charge in [-0.25, -0.2) is 0 Å². The first-order chi connectivity index (χ1) is 11.6. The summed E-state index contributed by atoms with van der Waals surface area (Å²) in [5.41, 5.74) is 6.41. The minimum absolute atomic E-state index is 0.0269. The second-order valence-corrected chi connectivity index (χ2v) is 7.10. The summed E-state index contributed by atoms with van der Waals surface area (Å²) in [6, 6.07) is 7.08. The molecule has 2 heterocycles. The largest absolute Gasteiger partial charge is 0.338 e. The SMILES string of the molecule is NCC1CCCN1C(=O)C1CCCN(C(=O)c2ccc(Cl)cc2)C1. The normalized spacial score (nSPS) is 24.2. The van der Waals surface area contributed by atoms with E-state index >= 15 is 0 Å². The van der Waals surface area contributed by atoms with Gasteiger partial charge < -0.3 is 15.5 Å². The standard InChI is InChI=1S/C18H24ClN3O2/c19-15-7-5-13(6-8-15)17(23)21-9-1-3-14(12-21)18(24)22-10-2-4-16(22)11-20/h5-8,14,16H,1-4,9-12,20H2. The second kappa shape index (κ2) is 7.53. The highest BCUT2D eigenvalue weighted by Crippen LogP contribution is 2.25. The van der Waals surface area contributed by atoms with Gasteiger partial charge in [-0.15, -0.1) is 0 Å². The summed E-state index contributed by atoms with van der Waals surface area (Å²) < 4.78 is 0. The molecule has 2 N–H and O–H groups in total. The van der Waals surface area contributed by atoms with E-state index < -0.39 is 0 Å². The van der Waals surface area contributed by atoms with Crippen molar-refractivity contribution in [3.05, 3.63) is 34.9 Å².